The Labute approximate surface area is 102 Å². The average molecular weight is 226 g/mol. The minimum absolute atomic E-state index is 0.772. The highest BCUT2D eigenvalue weighted by atomic mass is 14.9. The van der Waals surface area contributed by atoms with Gasteiger partial charge in [-0.2, -0.15) is 0 Å². The molecule has 1 saturated heterocycles. The summed E-state index contributed by atoms with van der Waals surface area (Å²) in [5.74, 6) is 0.772. The molecule has 2 aromatic rings. The first-order valence-electron chi connectivity index (χ1n) is 6.36. The van der Waals surface area contributed by atoms with Crippen LogP contribution in [0.2, 0.25) is 0 Å². The van der Waals surface area contributed by atoms with Crippen LogP contribution in [0.1, 0.15) is 6.42 Å². The van der Waals surface area contributed by atoms with Gasteiger partial charge in [-0.25, -0.2) is 0 Å². The molecule has 0 amide bonds. The molecule has 2 nitrogen and oxygen atoms in total. The summed E-state index contributed by atoms with van der Waals surface area (Å²) in [5, 5.41) is 9.62. The van der Waals surface area contributed by atoms with Gasteiger partial charge in [-0.05, 0) is 36.9 Å². The van der Waals surface area contributed by atoms with Crippen molar-refractivity contribution in [2.45, 2.75) is 6.42 Å². The lowest BCUT2D eigenvalue weighted by atomic mass is 10.1. The number of nitrogens with one attached hydrogen (secondary N) is 2. The summed E-state index contributed by atoms with van der Waals surface area (Å²) in [5.41, 5.74) is 1.26. The first-order chi connectivity index (χ1) is 8.43. The highest BCUT2D eigenvalue weighted by Gasteiger charge is 2.13. The van der Waals surface area contributed by atoms with E-state index in [9.17, 15) is 0 Å². The van der Waals surface area contributed by atoms with Crippen LogP contribution in [-0.2, 0) is 0 Å². The number of benzene rings is 2. The lowest BCUT2D eigenvalue weighted by Crippen LogP contribution is -2.17. The van der Waals surface area contributed by atoms with Crippen LogP contribution >= 0.6 is 0 Å². The number of hydrogen-bond donors (Lipinski definition) is 2. The fourth-order valence-electron chi connectivity index (χ4n) is 2.52. The zero-order valence-corrected chi connectivity index (χ0v) is 9.95. The summed E-state index contributed by atoms with van der Waals surface area (Å²) in [6.45, 7) is 3.39. The summed E-state index contributed by atoms with van der Waals surface area (Å²) in [7, 11) is 0. The Bertz CT molecular complexity index is 496. The molecule has 1 aliphatic heterocycles. The predicted octanol–water partition coefficient (Wildman–Crippen LogP) is 2.86. The van der Waals surface area contributed by atoms with E-state index in [4.69, 9.17) is 0 Å². The maximum atomic E-state index is 3.59. The van der Waals surface area contributed by atoms with Gasteiger partial charge in [0.15, 0.2) is 0 Å². The van der Waals surface area contributed by atoms with Gasteiger partial charge in [-0.1, -0.05) is 36.4 Å². The third-order valence-corrected chi connectivity index (χ3v) is 3.53. The summed E-state index contributed by atoms with van der Waals surface area (Å²) in [6, 6.07) is 15.0. The van der Waals surface area contributed by atoms with Gasteiger partial charge in [0.2, 0.25) is 0 Å². The van der Waals surface area contributed by atoms with Gasteiger partial charge < -0.3 is 10.6 Å². The van der Waals surface area contributed by atoms with E-state index in [0.29, 0.717) is 0 Å². The fraction of sp³-hybridized carbons (Fsp3) is 0.333. The van der Waals surface area contributed by atoms with E-state index in [2.05, 4.69) is 53.1 Å². The molecule has 17 heavy (non-hydrogen) atoms. The molecule has 0 spiro atoms. The van der Waals surface area contributed by atoms with Crippen molar-refractivity contribution >= 4 is 16.5 Å². The fourth-order valence-corrected chi connectivity index (χ4v) is 2.52. The SMILES string of the molecule is c1ccc2c(NC[C@@H]3CCNC3)cccc2c1. The zero-order valence-electron chi connectivity index (χ0n) is 9.95. The average Bonchev–Trinajstić information content (AvgIpc) is 2.89. The van der Waals surface area contributed by atoms with Gasteiger partial charge in [-0.15, -0.1) is 0 Å². The Hall–Kier alpha value is -1.54. The Balaban J connectivity index is 1.79. The molecule has 88 valence electrons. The van der Waals surface area contributed by atoms with Crippen molar-refractivity contribution in [2.24, 2.45) is 5.92 Å². The molecule has 1 aliphatic rings. The molecule has 1 atom stereocenters. The molecule has 0 aliphatic carbocycles. The monoisotopic (exact) mass is 226 g/mol. The minimum atomic E-state index is 0.772. The third kappa shape index (κ3) is 2.27. The van der Waals surface area contributed by atoms with Crippen LogP contribution in [0.5, 0.6) is 0 Å². The molecule has 2 aromatic carbocycles. The highest BCUT2D eigenvalue weighted by Crippen LogP contribution is 2.23. The highest BCUT2D eigenvalue weighted by molar-refractivity contribution is 5.93. The van der Waals surface area contributed by atoms with Crippen molar-refractivity contribution in [1.82, 2.24) is 5.32 Å². The second-order valence-corrected chi connectivity index (χ2v) is 4.77. The van der Waals surface area contributed by atoms with Crippen LogP contribution in [-0.4, -0.2) is 19.6 Å². The lowest BCUT2D eigenvalue weighted by molar-refractivity contribution is 0.616. The maximum absolute atomic E-state index is 3.59. The second-order valence-electron chi connectivity index (χ2n) is 4.77. The minimum Gasteiger partial charge on any atom is -0.384 e. The van der Waals surface area contributed by atoms with Gasteiger partial charge in [0.25, 0.3) is 0 Å². The van der Waals surface area contributed by atoms with E-state index in [-0.39, 0.29) is 0 Å². The van der Waals surface area contributed by atoms with Crippen LogP contribution in [0.4, 0.5) is 5.69 Å². The van der Waals surface area contributed by atoms with Crippen molar-refractivity contribution in [2.75, 3.05) is 25.0 Å². The quantitative estimate of drug-likeness (QED) is 0.841. The molecule has 0 unspecified atom stereocenters. The molecular formula is C15H18N2. The molecular weight excluding hydrogens is 208 g/mol. The van der Waals surface area contributed by atoms with Crippen LogP contribution in [0, 0.1) is 5.92 Å². The normalized spacial score (nSPS) is 19.6. The van der Waals surface area contributed by atoms with Gasteiger partial charge in [-0.3, -0.25) is 0 Å². The van der Waals surface area contributed by atoms with Crippen molar-refractivity contribution in [3.8, 4) is 0 Å². The van der Waals surface area contributed by atoms with Crippen molar-refractivity contribution in [3.05, 3.63) is 42.5 Å². The molecule has 2 N–H and O–H groups in total. The van der Waals surface area contributed by atoms with Crippen molar-refractivity contribution in [3.63, 3.8) is 0 Å². The Morgan fingerprint density at radius 2 is 2.00 bits per heavy atom. The van der Waals surface area contributed by atoms with E-state index in [1.807, 2.05) is 0 Å². The van der Waals surface area contributed by atoms with Crippen molar-refractivity contribution in [1.29, 1.82) is 0 Å². The number of anilines is 1. The Morgan fingerprint density at radius 1 is 1.12 bits per heavy atom. The lowest BCUT2D eigenvalue weighted by Gasteiger charge is -2.13. The van der Waals surface area contributed by atoms with Gasteiger partial charge in [0, 0.05) is 17.6 Å². The molecule has 0 bridgehead atoms. The first kappa shape index (κ1) is 10.6. The summed E-state index contributed by atoms with van der Waals surface area (Å²) < 4.78 is 0. The van der Waals surface area contributed by atoms with Gasteiger partial charge in [0.05, 0.1) is 0 Å². The van der Waals surface area contributed by atoms with Crippen LogP contribution in [0.15, 0.2) is 42.5 Å². The second kappa shape index (κ2) is 4.76. The van der Waals surface area contributed by atoms with Crippen LogP contribution in [0.25, 0.3) is 10.8 Å². The molecule has 0 radical (unpaired) electrons. The van der Waals surface area contributed by atoms with E-state index in [1.54, 1.807) is 0 Å². The standard InChI is InChI=1S/C15H18N2/c1-2-6-14-13(4-1)5-3-7-15(14)17-11-12-8-9-16-10-12/h1-7,12,16-17H,8-11H2/t12-/m1/s1. The summed E-state index contributed by atoms with van der Waals surface area (Å²) in [6.07, 6.45) is 1.29. The van der Waals surface area contributed by atoms with E-state index in [0.717, 1.165) is 19.0 Å². The summed E-state index contributed by atoms with van der Waals surface area (Å²) in [4.78, 5) is 0. The van der Waals surface area contributed by atoms with E-state index in [1.165, 1.54) is 29.4 Å². The third-order valence-electron chi connectivity index (χ3n) is 3.53. The molecule has 0 aromatic heterocycles. The molecule has 2 heteroatoms. The Kier molecular flexibility index (Phi) is 2.97. The topological polar surface area (TPSA) is 24.1 Å². The maximum Gasteiger partial charge on any atom is 0.0419 e. The van der Waals surface area contributed by atoms with E-state index < -0.39 is 0 Å². The van der Waals surface area contributed by atoms with Crippen LogP contribution in [0.3, 0.4) is 0 Å². The van der Waals surface area contributed by atoms with Crippen molar-refractivity contribution < 1.29 is 0 Å². The number of hydrogen-bond acceptors (Lipinski definition) is 2. The molecule has 1 heterocycles. The summed E-state index contributed by atoms with van der Waals surface area (Å²) >= 11 is 0. The van der Waals surface area contributed by atoms with E-state index >= 15 is 0 Å². The molecule has 1 fully saturated rings. The smallest absolute Gasteiger partial charge is 0.0419 e. The van der Waals surface area contributed by atoms with Gasteiger partial charge >= 0.3 is 0 Å². The predicted molar refractivity (Wildman–Crippen MR) is 73.4 cm³/mol. The molecule has 3 rings (SSSR count). The Morgan fingerprint density at radius 3 is 2.88 bits per heavy atom. The zero-order chi connectivity index (χ0) is 11.5. The number of rotatable bonds is 3. The number of fused-ring (bicyclic) bond motifs is 1. The van der Waals surface area contributed by atoms with Crippen LogP contribution < -0.4 is 10.6 Å². The largest absolute Gasteiger partial charge is 0.384 e. The molecule has 0 saturated carbocycles. The van der Waals surface area contributed by atoms with Gasteiger partial charge in [0.1, 0.15) is 0 Å². The first-order valence-corrected chi connectivity index (χ1v) is 6.36.